The average molecular weight is 535 g/mol. The summed E-state index contributed by atoms with van der Waals surface area (Å²) < 4.78 is 33.5. The van der Waals surface area contributed by atoms with Crippen LogP contribution in [0, 0.1) is 6.92 Å². The van der Waals surface area contributed by atoms with Crippen molar-refractivity contribution in [2.75, 3.05) is 10.5 Å². The Labute approximate surface area is 181 Å². The Morgan fingerprint density at radius 2 is 1.75 bits per heavy atom. The van der Waals surface area contributed by atoms with Gasteiger partial charge in [-0.2, -0.15) is 0 Å². The minimum Gasteiger partial charge on any atom is -0.487 e. The van der Waals surface area contributed by atoms with Crippen molar-refractivity contribution in [3.63, 3.8) is 0 Å². The molecule has 0 saturated heterocycles. The quantitative estimate of drug-likeness (QED) is 0.478. The molecule has 0 amide bonds. The average Bonchev–Trinajstić information content (AvgIpc) is 2.58. The van der Waals surface area contributed by atoms with E-state index >= 15 is 0 Å². The topological polar surface area (TPSA) is 92.7 Å². The molecule has 9 heteroatoms. The fraction of sp³-hybridized carbons (Fsp3) is 0.316. The summed E-state index contributed by atoms with van der Waals surface area (Å²) in [5.74, 6) is -0.251. The Balaban J connectivity index is 2.15. The number of hydrogen-bond donors (Lipinski definition) is 2. The summed E-state index contributed by atoms with van der Waals surface area (Å²) in [5.41, 5.74) is 3.11. The zero-order chi connectivity index (χ0) is 20.9. The van der Waals surface area contributed by atoms with Crippen molar-refractivity contribution >= 4 is 53.5 Å². The van der Waals surface area contributed by atoms with E-state index < -0.39 is 16.0 Å². The van der Waals surface area contributed by atoms with Gasteiger partial charge in [0.25, 0.3) is 0 Å². The van der Waals surface area contributed by atoms with E-state index in [-0.39, 0.29) is 18.8 Å². The Bertz CT molecular complexity index is 953. The van der Waals surface area contributed by atoms with Gasteiger partial charge in [0.15, 0.2) is 0 Å². The van der Waals surface area contributed by atoms with Gasteiger partial charge < -0.3 is 9.84 Å². The zero-order valence-corrected chi connectivity index (χ0v) is 19.4. The maximum atomic E-state index is 11.8. The van der Waals surface area contributed by atoms with Crippen LogP contribution in [0.5, 0.6) is 5.75 Å². The van der Waals surface area contributed by atoms with Gasteiger partial charge in [0.2, 0.25) is 10.0 Å². The molecule has 0 aliphatic carbocycles. The minimum atomic E-state index is -3.35. The molecule has 0 saturated carbocycles. The molecule has 0 radical (unpaired) electrons. The van der Waals surface area contributed by atoms with Crippen LogP contribution in [0.4, 0.5) is 5.69 Å². The molecular weight excluding hydrogens is 514 g/mol. The lowest BCUT2D eigenvalue weighted by molar-refractivity contribution is -0.136. The summed E-state index contributed by atoms with van der Waals surface area (Å²) in [6, 6.07) is 9.09. The van der Waals surface area contributed by atoms with Crippen LogP contribution in [0.15, 0.2) is 39.3 Å². The molecule has 2 N–H and O–H groups in total. The summed E-state index contributed by atoms with van der Waals surface area (Å²) in [5, 5.41) is 8.82. The summed E-state index contributed by atoms with van der Waals surface area (Å²) in [6.07, 6.45) is 0.477. The first-order valence-electron chi connectivity index (χ1n) is 8.53. The first-order valence-corrected chi connectivity index (χ1v) is 11.8. The zero-order valence-electron chi connectivity index (χ0n) is 15.5. The van der Waals surface area contributed by atoms with Gasteiger partial charge in [0.1, 0.15) is 12.4 Å². The van der Waals surface area contributed by atoms with Crippen molar-refractivity contribution in [2.24, 2.45) is 0 Å². The monoisotopic (exact) mass is 533 g/mol. The van der Waals surface area contributed by atoms with Crippen molar-refractivity contribution < 1.29 is 23.1 Å². The molecule has 0 fully saturated rings. The Morgan fingerprint density at radius 3 is 2.32 bits per heavy atom. The Kier molecular flexibility index (Phi) is 7.91. The maximum Gasteiger partial charge on any atom is 0.303 e. The highest BCUT2D eigenvalue weighted by Gasteiger charge is 2.12. The first kappa shape index (κ1) is 22.7. The van der Waals surface area contributed by atoms with E-state index in [9.17, 15) is 13.2 Å². The molecule has 0 aliphatic rings. The summed E-state index contributed by atoms with van der Waals surface area (Å²) in [4.78, 5) is 10.7. The van der Waals surface area contributed by atoms with Crippen LogP contribution in [-0.4, -0.2) is 25.2 Å². The van der Waals surface area contributed by atoms with Gasteiger partial charge in [-0.15, -0.1) is 0 Å². The third kappa shape index (κ3) is 6.79. The number of carboxylic acids is 1. The molecule has 0 unspecified atom stereocenters. The van der Waals surface area contributed by atoms with Crippen molar-refractivity contribution in [2.45, 2.75) is 33.3 Å². The van der Waals surface area contributed by atoms with Crippen molar-refractivity contribution in [3.05, 3.63) is 56.0 Å². The minimum absolute atomic E-state index is 0.000889. The van der Waals surface area contributed by atoms with E-state index in [4.69, 9.17) is 9.84 Å². The molecule has 0 spiro atoms. The number of benzene rings is 2. The summed E-state index contributed by atoms with van der Waals surface area (Å²) in [6.45, 7) is 3.71. The van der Waals surface area contributed by atoms with Gasteiger partial charge in [0, 0.05) is 12.1 Å². The highest BCUT2D eigenvalue weighted by Crippen LogP contribution is 2.36. The molecule has 0 atom stereocenters. The van der Waals surface area contributed by atoms with Gasteiger partial charge >= 0.3 is 5.97 Å². The smallest absolute Gasteiger partial charge is 0.303 e. The molecule has 28 heavy (non-hydrogen) atoms. The summed E-state index contributed by atoms with van der Waals surface area (Å²) >= 11 is 6.93. The number of nitrogens with one attached hydrogen (secondary N) is 1. The fourth-order valence-electron chi connectivity index (χ4n) is 2.56. The number of ether oxygens (including phenoxy) is 1. The molecule has 0 heterocycles. The SMILES string of the molecule is CCS(=O)(=O)Nc1cc(C)cc(COc2c(Br)cc(CCC(=O)O)cc2Br)c1. The first-order chi connectivity index (χ1) is 13.1. The lowest BCUT2D eigenvalue weighted by Gasteiger charge is -2.14. The number of halogens is 2. The Hall–Kier alpha value is -1.58. The van der Waals surface area contributed by atoms with E-state index in [1.54, 1.807) is 19.1 Å². The summed E-state index contributed by atoms with van der Waals surface area (Å²) in [7, 11) is -3.35. The molecule has 2 rings (SSSR count). The number of anilines is 1. The largest absolute Gasteiger partial charge is 0.487 e. The van der Waals surface area contributed by atoms with Crippen molar-refractivity contribution in [1.82, 2.24) is 0 Å². The maximum absolute atomic E-state index is 11.8. The number of carbonyl (C=O) groups is 1. The number of sulfonamides is 1. The van der Waals surface area contributed by atoms with Crippen molar-refractivity contribution in [3.8, 4) is 5.75 Å². The molecule has 2 aromatic carbocycles. The molecule has 6 nitrogen and oxygen atoms in total. The van der Waals surface area contributed by atoms with Crippen molar-refractivity contribution in [1.29, 1.82) is 0 Å². The molecule has 0 aromatic heterocycles. The predicted molar refractivity (Wildman–Crippen MR) is 116 cm³/mol. The van der Waals surface area contributed by atoms with Crippen LogP contribution in [0.3, 0.4) is 0 Å². The molecule has 0 aliphatic heterocycles. The second-order valence-corrected chi connectivity index (χ2v) is 10.0. The van der Waals surface area contributed by atoms with Crippen LogP contribution in [0.1, 0.15) is 30.0 Å². The van der Waals surface area contributed by atoms with Gasteiger partial charge in [-0.05, 0) is 93.1 Å². The van der Waals surface area contributed by atoms with Gasteiger partial charge in [-0.25, -0.2) is 8.42 Å². The lowest BCUT2D eigenvalue weighted by Crippen LogP contribution is -2.15. The Morgan fingerprint density at radius 1 is 1.11 bits per heavy atom. The van der Waals surface area contributed by atoms with E-state index in [1.807, 2.05) is 25.1 Å². The van der Waals surface area contributed by atoms with E-state index in [0.29, 0.717) is 26.8 Å². The molecule has 0 bridgehead atoms. The molecular formula is C19H21Br2NO5S. The number of rotatable bonds is 9. The van der Waals surface area contributed by atoms with Crippen LogP contribution in [0.2, 0.25) is 0 Å². The predicted octanol–water partition coefficient (Wildman–Crippen LogP) is 4.88. The highest BCUT2D eigenvalue weighted by atomic mass is 79.9. The lowest BCUT2D eigenvalue weighted by atomic mass is 10.1. The van der Waals surface area contributed by atoms with E-state index in [1.165, 1.54) is 0 Å². The number of aliphatic carboxylic acids is 1. The van der Waals surface area contributed by atoms with E-state index in [2.05, 4.69) is 36.6 Å². The number of hydrogen-bond acceptors (Lipinski definition) is 4. The van der Waals surface area contributed by atoms with Crippen LogP contribution < -0.4 is 9.46 Å². The fourth-order valence-corrected chi connectivity index (χ4v) is 4.69. The van der Waals surface area contributed by atoms with E-state index in [0.717, 1.165) is 16.7 Å². The number of carboxylic acid groups (broad SMARTS) is 1. The second kappa shape index (κ2) is 9.76. The molecule has 2 aromatic rings. The van der Waals surface area contributed by atoms with Gasteiger partial charge in [0.05, 0.1) is 14.7 Å². The number of aryl methyl sites for hydroxylation is 2. The molecule has 152 valence electrons. The third-order valence-corrected chi connectivity index (χ3v) is 6.34. The second-order valence-electron chi connectivity index (χ2n) is 6.28. The van der Waals surface area contributed by atoms with Crippen LogP contribution in [0.25, 0.3) is 0 Å². The highest BCUT2D eigenvalue weighted by molar-refractivity contribution is 9.11. The standard InChI is InChI=1S/C19H21Br2NO5S/c1-3-28(25,26)22-15-7-12(2)6-14(8-15)11-27-19-16(20)9-13(10-17(19)21)4-5-18(23)24/h6-10,22H,3-5,11H2,1-2H3,(H,23,24). The normalized spacial score (nSPS) is 11.3. The van der Waals surface area contributed by atoms with Crippen LogP contribution in [-0.2, 0) is 27.8 Å². The van der Waals surface area contributed by atoms with Gasteiger partial charge in [-0.3, -0.25) is 9.52 Å². The van der Waals surface area contributed by atoms with Crippen LogP contribution >= 0.6 is 31.9 Å². The van der Waals surface area contributed by atoms with Gasteiger partial charge in [-0.1, -0.05) is 6.07 Å². The third-order valence-electron chi connectivity index (χ3n) is 3.86.